The van der Waals surface area contributed by atoms with Crippen LogP contribution >= 0.6 is 0 Å². The molecular formula is C29H32FNO4. The van der Waals surface area contributed by atoms with Gasteiger partial charge in [0.25, 0.3) is 0 Å². The summed E-state index contributed by atoms with van der Waals surface area (Å²) in [5.41, 5.74) is 4.18. The number of nitrogens with one attached hydrogen (secondary N) is 1. The molecular weight excluding hydrogens is 445 g/mol. The number of fused-ring (bicyclic) bond motifs is 1. The van der Waals surface area contributed by atoms with E-state index in [2.05, 4.69) is 11.4 Å². The normalized spacial score (nSPS) is 17.8. The lowest BCUT2D eigenvalue weighted by Gasteiger charge is -2.33. The van der Waals surface area contributed by atoms with E-state index in [1.807, 2.05) is 50.2 Å². The average molecular weight is 478 g/mol. The van der Waals surface area contributed by atoms with Crippen LogP contribution in [0.15, 0.2) is 60.7 Å². The predicted molar refractivity (Wildman–Crippen MR) is 134 cm³/mol. The van der Waals surface area contributed by atoms with Gasteiger partial charge in [-0.05, 0) is 80.6 Å². The van der Waals surface area contributed by atoms with Crippen LogP contribution in [-0.2, 0) is 0 Å². The van der Waals surface area contributed by atoms with Crippen molar-refractivity contribution >= 4 is 5.97 Å². The monoisotopic (exact) mass is 477 g/mol. The third-order valence-corrected chi connectivity index (χ3v) is 6.81. The van der Waals surface area contributed by atoms with Crippen molar-refractivity contribution in [2.24, 2.45) is 0 Å². The fourth-order valence-electron chi connectivity index (χ4n) is 4.78. The highest BCUT2D eigenvalue weighted by molar-refractivity contribution is 5.89. The molecule has 0 aromatic heterocycles. The number of para-hydroxylation sites is 1. The number of carboxylic acids is 1. The molecule has 0 bridgehead atoms. The molecule has 184 valence electrons. The summed E-state index contributed by atoms with van der Waals surface area (Å²) < 4.78 is 25.1. The smallest absolute Gasteiger partial charge is 0.335 e. The molecule has 3 aromatic carbocycles. The summed E-state index contributed by atoms with van der Waals surface area (Å²) in [4.78, 5) is 11.7. The van der Waals surface area contributed by atoms with Gasteiger partial charge in [0.05, 0.1) is 18.8 Å². The van der Waals surface area contributed by atoms with Gasteiger partial charge in [-0.1, -0.05) is 36.4 Å². The predicted octanol–water partition coefficient (Wildman–Crippen LogP) is 6.25. The van der Waals surface area contributed by atoms with Crippen molar-refractivity contribution in [3.8, 4) is 11.5 Å². The lowest BCUT2D eigenvalue weighted by Crippen LogP contribution is -2.28. The fraction of sp³-hybridized carbons (Fsp3) is 0.345. The topological polar surface area (TPSA) is 67.8 Å². The lowest BCUT2D eigenvalue weighted by molar-refractivity contribution is 0.0696. The van der Waals surface area contributed by atoms with Gasteiger partial charge in [-0.2, -0.15) is 0 Å². The number of halogens is 1. The Morgan fingerprint density at radius 2 is 2.00 bits per heavy atom. The van der Waals surface area contributed by atoms with Crippen LogP contribution < -0.4 is 14.8 Å². The van der Waals surface area contributed by atoms with Gasteiger partial charge < -0.3 is 19.9 Å². The third-order valence-electron chi connectivity index (χ3n) is 6.81. The van der Waals surface area contributed by atoms with Crippen LogP contribution in [0.2, 0.25) is 0 Å². The van der Waals surface area contributed by atoms with E-state index >= 15 is 0 Å². The zero-order valence-corrected chi connectivity index (χ0v) is 20.4. The molecule has 1 aliphatic heterocycles. The summed E-state index contributed by atoms with van der Waals surface area (Å²) in [6.07, 6.45) is 2.61. The molecule has 0 radical (unpaired) electrons. The maximum Gasteiger partial charge on any atom is 0.335 e. The molecule has 1 heterocycles. The van der Waals surface area contributed by atoms with Gasteiger partial charge >= 0.3 is 5.97 Å². The van der Waals surface area contributed by atoms with E-state index in [-0.39, 0.29) is 29.6 Å². The first-order valence-corrected chi connectivity index (χ1v) is 12.0. The van der Waals surface area contributed by atoms with E-state index in [0.29, 0.717) is 5.56 Å². The summed E-state index contributed by atoms with van der Waals surface area (Å²) in [5.74, 6) is -0.0660. The average Bonchev–Trinajstić information content (AvgIpc) is 2.86. The van der Waals surface area contributed by atoms with Gasteiger partial charge in [0.2, 0.25) is 0 Å². The van der Waals surface area contributed by atoms with E-state index in [9.17, 15) is 14.3 Å². The number of benzene rings is 3. The summed E-state index contributed by atoms with van der Waals surface area (Å²) in [5, 5.41) is 13.1. The van der Waals surface area contributed by atoms with Crippen LogP contribution in [0.1, 0.15) is 70.8 Å². The molecule has 0 fully saturated rings. The van der Waals surface area contributed by atoms with Crippen LogP contribution in [0.3, 0.4) is 0 Å². The van der Waals surface area contributed by atoms with Crippen molar-refractivity contribution in [3.63, 3.8) is 0 Å². The Balaban J connectivity index is 1.41. The Kier molecular flexibility index (Phi) is 7.71. The Hall–Kier alpha value is -3.38. The second kappa shape index (κ2) is 10.9. The summed E-state index contributed by atoms with van der Waals surface area (Å²) in [6.45, 7) is 4.66. The molecule has 35 heavy (non-hydrogen) atoms. The van der Waals surface area contributed by atoms with E-state index < -0.39 is 5.97 Å². The lowest BCUT2D eigenvalue weighted by atomic mass is 9.82. The van der Waals surface area contributed by atoms with Crippen LogP contribution in [0.5, 0.6) is 11.5 Å². The zero-order chi connectivity index (χ0) is 24.9. The van der Waals surface area contributed by atoms with Crippen molar-refractivity contribution in [3.05, 3.63) is 94.3 Å². The van der Waals surface area contributed by atoms with E-state index in [4.69, 9.17) is 9.47 Å². The molecule has 3 atom stereocenters. The second-order valence-electron chi connectivity index (χ2n) is 9.16. The summed E-state index contributed by atoms with van der Waals surface area (Å²) in [6, 6.07) is 18.7. The van der Waals surface area contributed by atoms with Gasteiger partial charge in [-0.15, -0.1) is 0 Å². The van der Waals surface area contributed by atoms with Gasteiger partial charge in [0.15, 0.2) is 11.6 Å². The first-order valence-electron chi connectivity index (χ1n) is 12.0. The molecule has 0 unspecified atom stereocenters. The highest BCUT2D eigenvalue weighted by atomic mass is 19.1. The number of hydrogen-bond acceptors (Lipinski definition) is 4. The number of carbonyl (C=O) groups is 1. The van der Waals surface area contributed by atoms with Crippen LogP contribution in [-0.4, -0.2) is 30.8 Å². The minimum Gasteiger partial charge on any atom is -0.494 e. The van der Waals surface area contributed by atoms with Gasteiger partial charge in [-0.3, -0.25) is 0 Å². The minimum absolute atomic E-state index is 0.0347. The molecule has 0 saturated heterocycles. The van der Waals surface area contributed by atoms with Gasteiger partial charge in [0.1, 0.15) is 5.75 Å². The Bertz CT molecular complexity index is 1200. The van der Waals surface area contributed by atoms with Crippen LogP contribution in [0.25, 0.3) is 0 Å². The Labute approximate surface area is 205 Å². The molecule has 0 amide bonds. The van der Waals surface area contributed by atoms with Crippen LogP contribution in [0, 0.1) is 12.7 Å². The molecule has 5 nitrogen and oxygen atoms in total. The van der Waals surface area contributed by atoms with E-state index in [0.717, 1.165) is 53.8 Å². The highest BCUT2D eigenvalue weighted by Gasteiger charge is 2.29. The summed E-state index contributed by atoms with van der Waals surface area (Å²) in [7, 11) is 1.47. The van der Waals surface area contributed by atoms with Crippen molar-refractivity contribution in [2.45, 2.75) is 51.2 Å². The molecule has 0 aliphatic carbocycles. The second-order valence-corrected chi connectivity index (χ2v) is 9.16. The number of rotatable bonds is 9. The van der Waals surface area contributed by atoms with Gasteiger partial charge in [0, 0.05) is 17.5 Å². The van der Waals surface area contributed by atoms with Crippen molar-refractivity contribution in [1.82, 2.24) is 5.32 Å². The molecule has 3 aromatic rings. The molecule has 4 rings (SSSR count). The molecule has 1 aliphatic rings. The Morgan fingerprint density at radius 3 is 2.77 bits per heavy atom. The van der Waals surface area contributed by atoms with Crippen molar-refractivity contribution < 1.29 is 23.8 Å². The maximum atomic E-state index is 13.7. The molecule has 0 saturated carbocycles. The molecule has 2 N–H and O–H groups in total. The van der Waals surface area contributed by atoms with Gasteiger partial charge in [-0.25, -0.2) is 9.18 Å². The fourth-order valence-corrected chi connectivity index (χ4v) is 4.78. The number of hydrogen-bond donors (Lipinski definition) is 2. The standard InChI is InChI=1S/C29H32FNO4/c1-18-10-11-21(15-24(18)29(32)33)25-17-22(35-27-9-5-4-8-23(25)27)7-6-14-31-19(2)20-12-13-26(30)28(16-20)34-3/h4-5,8-13,15-16,19,22,25,31H,6-7,14,17H2,1-3H3,(H,32,33)/t19-,22+,25+/m1/s1. The number of aryl methyl sites for hydroxylation is 1. The summed E-state index contributed by atoms with van der Waals surface area (Å²) >= 11 is 0. The maximum absolute atomic E-state index is 13.7. The zero-order valence-electron chi connectivity index (χ0n) is 20.4. The van der Waals surface area contributed by atoms with Crippen molar-refractivity contribution in [1.29, 1.82) is 0 Å². The molecule has 0 spiro atoms. The van der Waals surface area contributed by atoms with E-state index in [1.54, 1.807) is 12.1 Å². The minimum atomic E-state index is -0.903. The largest absolute Gasteiger partial charge is 0.494 e. The number of methoxy groups -OCH3 is 1. The van der Waals surface area contributed by atoms with E-state index in [1.165, 1.54) is 13.2 Å². The quantitative estimate of drug-likeness (QED) is 0.356. The number of ether oxygens (including phenoxy) is 2. The number of aromatic carboxylic acids is 1. The molecule has 6 heteroatoms. The van der Waals surface area contributed by atoms with Crippen LogP contribution in [0.4, 0.5) is 4.39 Å². The third kappa shape index (κ3) is 5.65. The first-order chi connectivity index (χ1) is 16.9. The Morgan fingerprint density at radius 1 is 1.20 bits per heavy atom. The SMILES string of the molecule is COc1cc([C@@H](C)NCCC[C@H]2C[C@@H](c3ccc(C)c(C(=O)O)c3)c3ccccc3O2)ccc1F. The van der Waals surface area contributed by atoms with Crippen molar-refractivity contribution in [2.75, 3.05) is 13.7 Å². The highest BCUT2D eigenvalue weighted by Crippen LogP contribution is 2.41. The first kappa shape index (κ1) is 24.7. The number of carboxylic acid groups (broad SMARTS) is 1.